The van der Waals surface area contributed by atoms with E-state index in [1.54, 1.807) is 10.6 Å². The summed E-state index contributed by atoms with van der Waals surface area (Å²) >= 11 is 0. The monoisotopic (exact) mass is 430 g/mol. The summed E-state index contributed by atoms with van der Waals surface area (Å²) in [7, 11) is 0. The minimum absolute atomic E-state index is 0.0998. The minimum atomic E-state index is -0.348. The Labute approximate surface area is 185 Å². The van der Waals surface area contributed by atoms with Gasteiger partial charge < -0.3 is 19.4 Å². The highest BCUT2D eigenvalue weighted by Gasteiger charge is 2.14. The third-order valence-electron chi connectivity index (χ3n) is 5.68. The maximum atomic E-state index is 14.0. The van der Waals surface area contributed by atoms with Crippen LogP contribution in [-0.2, 0) is 26.1 Å². The van der Waals surface area contributed by atoms with Gasteiger partial charge in [0.05, 0.1) is 5.52 Å². The predicted octanol–water partition coefficient (Wildman–Crippen LogP) is 4.40. The lowest BCUT2D eigenvalue weighted by Crippen LogP contribution is -2.28. The van der Waals surface area contributed by atoms with Crippen molar-refractivity contribution in [3.8, 4) is 11.5 Å². The largest absolute Gasteiger partial charge is 0.454 e. The molecule has 0 fully saturated rings. The van der Waals surface area contributed by atoms with Gasteiger partial charge in [-0.15, -0.1) is 0 Å². The van der Waals surface area contributed by atoms with Crippen molar-refractivity contribution in [2.75, 3.05) is 6.79 Å². The van der Waals surface area contributed by atoms with Gasteiger partial charge in [-0.25, -0.2) is 4.39 Å². The van der Waals surface area contributed by atoms with E-state index in [4.69, 9.17) is 9.47 Å². The number of aromatic nitrogens is 1. The van der Waals surface area contributed by atoms with Crippen LogP contribution < -0.4 is 20.3 Å². The lowest BCUT2D eigenvalue weighted by atomic mass is 10.1. The molecule has 2 heterocycles. The van der Waals surface area contributed by atoms with Gasteiger partial charge in [-0.3, -0.25) is 4.79 Å². The van der Waals surface area contributed by atoms with Gasteiger partial charge >= 0.3 is 0 Å². The maximum Gasteiger partial charge on any atom is 0.255 e. The van der Waals surface area contributed by atoms with E-state index in [1.165, 1.54) is 12.1 Å². The third-order valence-corrected chi connectivity index (χ3v) is 5.68. The number of aryl methyl sites for hydroxylation is 2. The summed E-state index contributed by atoms with van der Waals surface area (Å²) < 4.78 is 26.4. The number of nitrogens with zero attached hydrogens (tertiary/aromatic N) is 1. The van der Waals surface area contributed by atoms with Crippen molar-refractivity contribution < 1.29 is 13.9 Å². The van der Waals surface area contributed by atoms with E-state index in [0.717, 1.165) is 28.0 Å². The van der Waals surface area contributed by atoms with Crippen LogP contribution in [-0.4, -0.2) is 11.4 Å². The van der Waals surface area contributed by atoms with Gasteiger partial charge in [0.1, 0.15) is 5.82 Å². The van der Waals surface area contributed by atoms with Gasteiger partial charge in [0.25, 0.3) is 5.56 Å². The van der Waals surface area contributed by atoms with E-state index in [9.17, 15) is 9.18 Å². The van der Waals surface area contributed by atoms with Crippen LogP contribution in [0, 0.1) is 5.82 Å². The Morgan fingerprint density at radius 1 is 0.875 bits per heavy atom. The highest BCUT2D eigenvalue weighted by Crippen LogP contribution is 2.32. The zero-order chi connectivity index (χ0) is 21.9. The SMILES string of the molecule is O=c1c(CNCc2ccc3c(c2)OCO3)cc2ccc(F)cc2n1CCc1ccccc1. The number of ether oxygens (including phenoxy) is 2. The van der Waals surface area contributed by atoms with Crippen molar-refractivity contribution >= 4 is 10.9 Å². The second kappa shape index (κ2) is 8.85. The molecule has 6 heteroatoms. The first kappa shape index (κ1) is 20.3. The van der Waals surface area contributed by atoms with Gasteiger partial charge in [0.2, 0.25) is 6.79 Å². The van der Waals surface area contributed by atoms with Gasteiger partial charge in [0.15, 0.2) is 11.5 Å². The molecule has 0 aliphatic carbocycles. The Bertz CT molecular complexity index is 1320. The highest BCUT2D eigenvalue weighted by molar-refractivity contribution is 5.79. The summed E-state index contributed by atoms with van der Waals surface area (Å²) in [5.41, 5.74) is 3.34. The molecule has 0 spiro atoms. The van der Waals surface area contributed by atoms with Crippen LogP contribution in [0.4, 0.5) is 4.39 Å². The van der Waals surface area contributed by atoms with Gasteiger partial charge in [-0.05, 0) is 59.3 Å². The Morgan fingerprint density at radius 2 is 1.72 bits per heavy atom. The summed E-state index contributed by atoms with van der Waals surface area (Å²) in [5, 5.41) is 4.19. The van der Waals surface area contributed by atoms with Crippen molar-refractivity contribution in [2.45, 2.75) is 26.1 Å². The van der Waals surface area contributed by atoms with Crippen LogP contribution in [0.2, 0.25) is 0 Å². The molecule has 0 radical (unpaired) electrons. The van der Waals surface area contributed by atoms with E-state index < -0.39 is 0 Å². The van der Waals surface area contributed by atoms with Crippen molar-refractivity contribution in [3.63, 3.8) is 0 Å². The molecule has 1 aliphatic heterocycles. The van der Waals surface area contributed by atoms with Crippen LogP contribution in [0.15, 0.2) is 77.6 Å². The molecular weight excluding hydrogens is 407 g/mol. The zero-order valence-electron chi connectivity index (χ0n) is 17.5. The van der Waals surface area contributed by atoms with Crippen LogP contribution in [0.1, 0.15) is 16.7 Å². The lowest BCUT2D eigenvalue weighted by molar-refractivity contribution is 0.174. The number of hydrogen-bond acceptors (Lipinski definition) is 4. The molecule has 1 aliphatic rings. The molecule has 1 N–H and O–H groups in total. The van der Waals surface area contributed by atoms with Crippen LogP contribution in [0.25, 0.3) is 10.9 Å². The molecule has 0 saturated heterocycles. The molecule has 5 nitrogen and oxygen atoms in total. The average Bonchev–Trinajstić information content (AvgIpc) is 3.28. The molecule has 32 heavy (non-hydrogen) atoms. The third kappa shape index (κ3) is 4.22. The first-order valence-electron chi connectivity index (χ1n) is 10.6. The molecule has 0 bridgehead atoms. The minimum Gasteiger partial charge on any atom is -0.454 e. The Hall–Kier alpha value is -3.64. The summed E-state index contributed by atoms with van der Waals surface area (Å²) in [6, 6.07) is 22.2. The van der Waals surface area contributed by atoms with E-state index >= 15 is 0 Å². The quantitative estimate of drug-likeness (QED) is 0.472. The fourth-order valence-corrected chi connectivity index (χ4v) is 4.03. The molecule has 3 aromatic carbocycles. The predicted molar refractivity (Wildman–Crippen MR) is 121 cm³/mol. The normalized spacial score (nSPS) is 12.4. The van der Waals surface area contributed by atoms with E-state index in [-0.39, 0.29) is 18.2 Å². The number of nitrogens with one attached hydrogen (secondary N) is 1. The molecule has 4 aromatic rings. The Kier molecular flexibility index (Phi) is 5.60. The second-order valence-corrected chi connectivity index (χ2v) is 7.86. The fraction of sp³-hybridized carbons (Fsp3) is 0.192. The number of pyridine rings is 1. The number of rotatable bonds is 7. The molecule has 0 amide bonds. The van der Waals surface area contributed by atoms with E-state index in [0.29, 0.717) is 37.1 Å². The second-order valence-electron chi connectivity index (χ2n) is 7.86. The average molecular weight is 430 g/mol. The van der Waals surface area contributed by atoms with Gasteiger partial charge in [-0.2, -0.15) is 0 Å². The van der Waals surface area contributed by atoms with Crippen molar-refractivity contribution in [1.29, 1.82) is 0 Å². The standard InChI is InChI=1S/C26H23FN2O3/c27-22-8-7-20-13-21(16-28-15-19-6-9-24-25(12-19)32-17-31-24)26(30)29(23(20)14-22)11-10-18-4-2-1-3-5-18/h1-9,12-14,28H,10-11,15-17H2. The topological polar surface area (TPSA) is 52.5 Å². The molecule has 1 aromatic heterocycles. The fourth-order valence-electron chi connectivity index (χ4n) is 4.03. The summed E-state index contributed by atoms with van der Waals surface area (Å²) in [5.74, 6) is 1.14. The summed E-state index contributed by atoms with van der Waals surface area (Å²) in [6.07, 6.45) is 0.695. The molecule has 0 unspecified atom stereocenters. The smallest absolute Gasteiger partial charge is 0.255 e. The highest BCUT2D eigenvalue weighted by atomic mass is 19.1. The van der Waals surface area contributed by atoms with Crippen LogP contribution in [0.3, 0.4) is 0 Å². The van der Waals surface area contributed by atoms with Crippen molar-refractivity contribution in [3.05, 3.63) is 106 Å². The first-order valence-corrected chi connectivity index (χ1v) is 10.6. The molecule has 0 saturated carbocycles. The number of hydrogen-bond donors (Lipinski definition) is 1. The molecule has 0 atom stereocenters. The van der Waals surface area contributed by atoms with Crippen molar-refractivity contribution in [1.82, 2.24) is 9.88 Å². The van der Waals surface area contributed by atoms with Gasteiger partial charge in [0, 0.05) is 25.2 Å². The Morgan fingerprint density at radius 3 is 2.59 bits per heavy atom. The first-order chi connectivity index (χ1) is 15.7. The molecular formula is C26H23FN2O3. The van der Waals surface area contributed by atoms with Crippen LogP contribution in [0.5, 0.6) is 11.5 Å². The lowest BCUT2D eigenvalue weighted by Gasteiger charge is -2.14. The zero-order valence-corrected chi connectivity index (χ0v) is 17.5. The summed E-state index contributed by atoms with van der Waals surface area (Å²) in [4.78, 5) is 13.3. The van der Waals surface area contributed by atoms with Crippen LogP contribution >= 0.6 is 0 Å². The molecule has 5 rings (SSSR count). The number of benzene rings is 3. The Balaban J connectivity index is 1.38. The number of fused-ring (bicyclic) bond motifs is 2. The van der Waals surface area contributed by atoms with Crippen molar-refractivity contribution in [2.24, 2.45) is 0 Å². The summed E-state index contributed by atoms with van der Waals surface area (Å²) in [6.45, 7) is 1.72. The van der Waals surface area contributed by atoms with E-state index in [1.807, 2.05) is 54.6 Å². The maximum absolute atomic E-state index is 14.0. The number of halogens is 1. The van der Waals surface area contributed by atoms with Gasteiger partial charge in [-0.1, -0.05) is 36.4 Å². The van der Waals surface area contributed by atoms with E-state index in [2.05, 4.69) is 5.32 Å². The molecule has 162 valence electrons.